The second-order valence-electron chi connectivity index (χ2n) is 14.3. The maximum Gasteiger partial charge on any atom is 0.164 e. The number of para-hydroxylation sites is 3. The number of benzene rings is 8. The van der Waals surface area contributed by atoms with Crippen LogP contribution in [0.2, 0.25) is 0 Å². The van der Waals surface area contributed by atoms with Gasteiger partial charge in [-0.3, -0.25) is 0 Å². The van der Waals surface area contributed by atoms with E-state index < -0.39 is 0 Å². The largest absolute Gasteiger partial charge is 0.456 e. The minimum atomic E-state index is 0.580. The SMILES string of the molecule is c1ccc(-c2nc(-c3ccccc3)nc(-c3ccc4c(c3)oc3cc(-c5cc(-c6cccc7c6oc6ccccc67)c6c(c5)oc5ccccc56)ccc34)n2)cc1. The molecule has 0 saturated carbocycles. The van der Waals surface area contributed by atoms with E-state index in [-0.39, 0.29) is 0 Å². The fourth-order valence-corrected chi connectivity index (χ4v) is 8.23. The van der Waals surface area contributed by atoms with E-state index in [0.29, 0.717) is 17.5 Å². The molecule has 0 radical (unpaired) electrons. The minimum absolute atomic E-state index is 0.580. The number of rotatable bonds is 5. The third kappa shape index (κ3) is 5.08. The Balaban J connectivity index is 1.01. The van der Waals surface area contributed by atoms with Crippen molar-refractivity contribution in [1.29, 1.82) is 0 Å². The Morgan fingerprint density at radius 1 is 0.281 bits per heavy atom. The Labute approximate surface area is 325 Å². The summed E-state index contributed by atoms with van der Waals surface area (Å²) in [5.41, 5.74) is 11.7. The summed E-state index contributed by atoms with van der Waals surface area (Å²) in [5, 5.41) is 6.36. The quantitative estimate of drug-likeness (QED) is 0.175. The van der Waals surface area contributed by atoms with Gasteiger partial charge in [-0.2, -0.15) is 0 Å². The second kappa shape index (κ2) is 12.3. The summed E-state index contributed by atoms with van der Waals surface area (Å²) in [6.45, 7) is 0. The molecule has 12 rings (SSSR count). The first-order valence-corrected chi connectivity index (χ1v) is 18.9. The Morgan fingerprint density at radius 3 is 1.49 bits per heavy atom. The summed E-state index contributed by atoms with van der Waals surface area (Å²) >= 11 is 0. The highest BCUT2D eigenvalue weighted by Gasteiger charge is 2.20. The average Bonchev–Trinajstić information content (AvgIpc) is 3.97. The average molecular weight is 732 g/mol. The molecule has 0 amide bonds. The van der Waals surface area contributed by atoms with Gasteiger partial charge in [-0.15, -0.1) is 0 Å². The number of aromatic nitrogens is 3. The Hall–Kier alpha value is -7.83. The molecule has 12 aromatic rings. The molecule has 266 valence electrons. The third-order valence-electron chi connectivity index (χ3n) is 10.9. The lowest BCUT2D eigenvalue weighted by atomic mass is 9.93. The van der Waals surface area contributed by atoms with Gasteiger partial charge in [0.1, 0.15) is 33.5 Å². The zero-order valence-electron chi connectivity index (χ0n) is 30.3. The second-order valence-corrected chi connectivity index (χ2v) is 14.3. The number of nitrogens with zero attached hydrogens (tertiary/aromatic N) is 3. The zero-order valence-corrected chi connectivity index (χ0v) is 30.3. The molecule has 0 N–H and O–H groups in total. The smallest absolute Gasteiger partial charge is 0.164 e. The van der Waals surface area contributed by atoms with Gasteiger partial charge in [-0.25, -0.2) is 15.0 Å². The monoisotopic (exact) mass is 731 g/mol. The summed E-state index contributed by atoms with van der Waals surface area (Å²) in [7, 11) is 0. The predicted molar refractivity (Wildman–Crippen MR) is 229 cm³/mol. The van der Waals surface area contributed by atoms with Crippen molar-refractivity contribution in [1.82, 2.24) is 15.0 Å². The van der Waals surface area contributed by atoms with Crippen LogP contribution in [0.1, 0.15) is 0 Å². The third-order valence-corrected chi connectivity index (χ3v) is 10.9. The van der Waals surface area contributed by atoms with Crippen LogP contribution >= 0.6 is 0 Å². The Bertz CT molecular complexity index is 3470. The van der Waals surface area contributed by atoms with Crippen LogP contribution in [-0.2, 0) is 0 Å². The van der Waals surface area contributed by atoms with Gasteiger partial charge in [0.15, 0.2) is 17.5 Å². The van der Waals surface area contributed by atoms with Crippen molar-refractivity contribution in [3.63, 3.8) is 0 Å². The highest BCUT2D eigenvalue weighted by Crippen LogP contribution is 2.44. The van der Waals surface area contributed by atoms with Crippen LogP contribution < -0.4 is 0 Å². The van der Waals surface area contributed by atoms with E-state index in [1.54, 1.807) is 0 Å². The molecule has 0 fully saturated rings. The van der Waals surface area contributed by atoms with Gasteiger partial charge in [0.05, 0.1) is 0 Å². The molecule has 0 aliphatic rings. The van der Waals surface area contributed by atoms with E-state index in [0.717, 1.165) is 105 Å². The summed E-state index contributed by atoms with van der Waals surface area (Å²) in [5.74, 6) is 1.81. The molecular formula is C51H29N3O3. The van der Waals surface area contributed by atoms with Crippen LogP contribution in [0.4, 0.5) is 0 Å². The molecule has 6 nitrogen and oxygen atoms in total. The molecule has 6 heteroatoms. The van der Waals surface area contributed by atoms with Crippen LogP contribution in [0.3, 0.4) is 0 Å². The van der Waals surface area contributed by atoms with Crippen molar-refractivity contribution in [2.45, 2.75) is 0 Å². The van der Waals surface area contributed by atoms with Gasteiger partial charge in [0.2, 0.25) is 0 Å². The lowest BCUT2D eigenvalue weighted by molar-refractivity contribution is 0.668. The molecule has 0 saturated heterocycles. The molecule has 57 heavy (non-hydrogen) atoms. The topological polar surface area (TPSA) is 78.1 Å². The molecule has 4 aromatic heterocycles. The molecule has 0 bridgehead atoms. The molecule has 0 atom stereocenters. The van der Waals surface area contributed by atoms with E-state index in [1.807, 2.05) is 91.0 Å². The lowest BCUT2D eigenvalue weighted by Gasteiger charge is -2.09. The molecule has 0 spiro atoms. The van der Waals surface area contributed by atoms with Gasteiger partial charge in [-0.1, -0.05) is 127 Å². The maximum atomic E-state index is 6.64. The van der Waals surface area contributed by atoms with Crippen molar-refractivity contribution >= 4 is 65.8 Å². The van der Waals surface area contributed by atoms with Crippen LogP contribution in [-0.4, -0.2) is 15.0 Å². The van der Waals surface area contributed by atoms with Crippen LogP contribution in [0, 0.1) is 0 Å². The van der Waals surface area contributed by atoms with Gasteiger partial charge >= 0.3 is 0 Å². The fourth-order valence-electron chi connectivity index (χ4n) is 8.23. The van der Waals surface area contributed by atoms with Gasteiger partial charge in [-0.05, 0) is 65.2 Å². The standard InChI is InChI=1S/C51H29N3O3/c1-3-12-30(13-4-1)49-52-50(31-14-5-2-6-15-31)54-51(53-49)33-23-25-37-36-24-22-32(27-44(36)56-45(37)28-33)34-26-41(47-40-17-8-10-21-43(40)55-46(47)29-34)39-19-11-18-38-35-16-7-9-20-42(35)57-48(38)39/h1-29H. The van der Waals surface area contributed by atoms with E-state index in [1.165, 1.54) is 0 Å². The van der Waals surface area contributed by atoms with Crippen LogP contribution in [0.15, 0.2) is 189 Å². The Morgan fingerprint density at radius 2 is 0.789 bits per heavy atom. The molecule has 0 aliphatic heterocycles. The van der Waals surface area contributed by atoms with Gasteiger partial charge < -0.3 is 13.3 Å². The van der Waals surface area contributed by atoms with E-state index >= 15 is 0 Å². The van der Waals surface area contributed by atoms with E-state index in [4.69, 9.17) is 28.2 Å². The number of furan rings is 3. The first kappa shape index (κ1) is 31.5. The van der Waals surface area contributed by atoms with Crippen molar-refractivity contribution in [3.8, 4) is 56.4 Å². The van der Waals surface area contributed by atoms with Crippen molar-refractivity contribution in [2.24, 2.45) is 0 Å². The fraction of sp³-hybridized carbons (Fsp3) is 0. The number of hydrogen-bond acceptors (Lipinski definition) is 6. The molecule has 0 unspecified atom stereocenters. The van der Waals surface area contributed by atoms with Crippen molar-refractivity contribution in [3.05, 3.63) is 176 Å². The lowest BCUT2D eigenvalue weighted by Crippen LogP contribution is -2.00. The first-order valence-electron chi connectivity index (χ1n) is 18.9. The first-order chi connectivity index (χ1) is 28.2. The molecular weight excluding hydrogens is 703 g/mol. The van der Waals surface area contributed by atoms with Crippen LogP contribution in [0.25, 0.3) is 122 Å². The van der Waals surface area contributed by atoms with Gasteiger partial charge in [0, 0.05) is 54.6 Å². The summed E-state index contributed by atoms with van der Waals surface area (Å²) in [6.07, 6.45) is 0. The number of fused-ring (bicyclic) bond motifs is 9. The van der Waals surface area contributed by atoms with Crippen molar-refractivity contribution < 1.29 is 13.3 Å². The minimum Gasteiger partial charge on any atom is -0.456 e. The molecule has 0 aliphatic carbocycles. The normalized spacial score (nSPS) is 11.9. The zero-order chi connectivity index (χ0) is 37.5. The molecule has 8 aromatic carbocycles. The summed E-state index contributed by atoms with van der Waals surface area (Å²) in [4.78, 5) is 14.7. The predicted octanol–water partition coefficient (Wildman–Crippen LogP) is 13.9. The van der Waals surface area contributed by atoms with Gasteiger partial charge in [0.25, 0.3) is 0 Å². The summed E-state index contributed by atoms with van der Waals surface area (Å²) < 4.78 is 19.7. The Kier molecular flexibility index (Phi) is 6.83. The highest BCUT2D eigenvalue weighted by molar-refractivity contribution is 6.18. The van der Waals surface area contributed by atoms with E-state index in [9.17, 15) is 0 Å². The summed E-state index contributed by atoms with van der Waals surface area (Å²) in [6, 6.07) is 59.8. The van der Waals surface area contributed by atoms with Crippen LogP contribution in [0.5, 0.6) is 0 Å². The maximum absolute atomic E-state index is 6.64. The highest BCUT2D eigenvalue weighted by atomic mass is 16.3. The van der Waals surface area contributed by atoms with Crippen molar-refractivity contribution in [2.75, 3.05) is 0 Å². The number of hydrogen-bond donors (Lipinski definition) is 0. The molecule has 4 heterocycles. The van der Waals surface area contributed by atoms with E-state index in [2.05, 4.69) is 84.9 Å².